The van der Waals surface area contributed by atoms with Crippen molar-refractivity contribution in [3.63, 3.8) is 0 Å². The van der Waals surface area contributed by atoms with Crippen LogP contribution in [-0.4, -0.2) is 64.9 Å². The highest BCUT2D eigenvalue weighted by Gasteiger charge is 2.33. The van der Waals surface area contributed by atoms with E-state index in [1.807, 2.05) is 29.8 Å². The summed E-state index contributed by atoms with van der Waals surface area (Å²) in [6.45, 7) is 8.04. The number of benzene rings is 2. The van der Waals surface area contributed by atoms with Gasteiger partial charge in [-0.1, -0.05) is 12.1 Å². The van der Waals surface area contributed by atoms with Crippen LogP contribution in [0.3, 0.4) is 0 Å². The van der Waals surface area contributed by atoms with E-state index < -0.39 is 5.60 Å². The summed E-state index contributed by atoms with van der Waals surface area (Å²) in [7, 11) is 0. The number of aliphatic hydroxyl groups is 1. The normalized spacial score (nSPS) is 18.9. The largest absolute Gasteiger partial charge is 0.494 e. The Labute approximate surface area is 206 Å². The Morgan fingerprint density at radius 2 is 1.91 bits per heavy atom. The fourth-order valence-electron chi connectivity index (χ4n) is 4.26. The topological polar surface area (TPSA) is 69.0 Å². The van der Waals surface area contributed by atoms with E-state index in [4.69, 9.17) is 14.2 Å². The van der Waals surface area contributed by atoms with Crippen LogP contribution in [0.1, 0.15) is 23.4 Å². The van der Waals surface area contributed by atoms with Gasteiger partial charge in [0.15, 0.2) is 0 Å². The highest BCUT2D eigenvalue weighted by atomic mass is 19.1. The van der Waals surface area contributed by atoms with E-state index in [9.17, 15) is 9.50 Å². The van der Waals surface area contributed by atoms with Crippen LogP contribution in [0.25, 0.3) is 0 Å². The Kier molecular flexibility index (Phi) is 8.38. The van der Waals surface area contributed by atoms with E-state index in [2.05, 4.69) is 29.1 Å². The van der Waals surface area contributed by atoms with E-state index in [1.165, 1.54) is 12.1 Å². The first-order valence-corrected chi connectivity index (χ1v) is 12.0. The number of hydrogen-bond donors (Lipinski definition) is 1. The maximum atomic E-state index is 13.1. The van der Waals surface area contributed by atoms with E-state index in [1.54, 1.807) is 12.1 Å². The minimum absolute atomic E-state index is 0.0630. The number of aromatic nitrogens is 2. The maximum absolute atomic E-state index is 13.1. The van der Waals surface area contributed by atoms with Crippen LogP contribution in [0.4, 0.5) is 4.39 Å². The molecule has 0 bridgehead atoms. The van der Waals surface area contributed by atoms with Gasteiger partial charge in [-0.05, 0) is 61.9 Å². The first kappa shape index (κ1) is 25.2. The Hall–Kier alpha value is -2.94. The van der Waals surface area contributed by atoms with E-state index in [-0.39, 0.29) is 19.0 Å². The van der Waals surface area contributed by atoms with Crippen molar-refractivity contribution in [2.45, 2.75) is 39.0 Å². The SMILES string of the molecule is Cc1cc(C)n(CCCOc2cccc(CN3CCOCC(O)(COc4ccc(F)cc4)C3)c2)n1. The third kappa shape index (κ3) is 7.52. The first-order chi connectivity index (χ1) is 16.9. The second-order valence-electron chi connectivity index (χ2n) is 9.23. The van der Waals surface area contributed by atoms with Crippen LogP contribution < -0.4 is 9.47 Å². The Balaban J connectivity index is 1.28. The second kappa shape index (κ2) is 11.7. The lowest BCUT2D eigenvalue weighted by Crippen LogP contribution is -2.48. The van der Waals surface area contributed by atoms with Crippen LogP contribution in [0.5, 0.6) is 11.5 Å². The average molecular weight is 484 g/mol. The number of nitrogens with zero attached hydrogens (tertiary/aromatic N) is 3. The van der Waals surface area contributed by atoms with Gasteiger partial charge in [0.2, 0.25) is 0 Å². The molecule has 1 unspecified atom stereocenters. The first-order valence-electron chi connectivity index (χ1n) is 12.0. The molecule has 188 valence electrons. The highest BCUT2D eigenvalue weighted by molar-refractivity contribution is 5.28. The third-order valence-corrected chi connectivity index (χ3v) is 5.95. The molecule has 0 saturated carbocycles. The zero-order valence-electron chi connectivity index (χ0n) is 20.5. The molecule has 0 amide bonds. The molecule has 1 N–H and O–H groups in total. The molecule has 1 atom stereocenters. The molecular formula is C27H34FN3O4. The number of ether oxygens (including phenoxy) is 3. The summed E-state index contributed by atoms with van der Waals surface area (Å²) < 4.78 is 32.5. The lowest BCUT2D eigenvalue weighted by Gasteiger charge is -2.30. The second-order valence-corrected chi connectivity index (χ2v) is 9.23. The molecule has 0 radical (unpaired) electrons. The summed E-state index contributed by atoms with van der Waals surface area (Å²) in [6, 6.07) is 15.9. The maximum Gasteiger partial charge on any atom is 0.134 e. The van der Waals surface area contributed by atoms with Gasteiger partial charge in [-0.3, -0.25) is 9.58 Å². The summed E-state index contributed by atoms with van der Waals surface area (Å²) >= 11 is 0. The van der Waals surface area contributed by atoms with E-state index >= 15 is 0 Å². The Bertz CT molecular complexity index is 1090. The van der Waals surface area contributed by atoms with Gasteiger partial charge in [0.05, 0.1) is 25.5 Å². The number of rotatable bonds is 10. The fraction of sp³-hybridized carbons (Fsp3) is 0.444. The molecule has 1 aliphatic heterocycles. The molecule has 1 saturated heterocycles. The molecule has 4 rings (SSSR count). The van der Waals surface area contributed by atoms with Gasteiger partial charge < -0.3 is 19.3 Å². The van der Waals surface area contributed by atoms with Gasteiger partial charge >= 0.3 is 0 Å². The van der Waals surface area contributed by atoms with Crippen molar-refractivity contribution in [3.8, 4) is 11.5 Å². The Morgan fingerprint density at radius 3 is 2.69 bits per heavy atom. The lowest BCUT2D eigenvalue weighted by atomic mass is 10.1. The monoisotopic (exact) mass is 483 g/mol. The smallest absolute Gasteiger partial charge is 0.134 e. The molecule has 1 fully saturated rings. The minimum atomic E-state index is -1.16. The van der Waals surface area contributed by atoms with Crippen molar-refractivity contribution in [3.05, 3.63) is 77.4 Å². The molecule has 0 aliphatic carbocycles. The molecule has 35 heavy (non-hydrogen) atoms. The van der Waals surface area contributed by atoms with Crippen molar-refractivity contribution >= 4 is 0 Å². The Morgan fingerprint density at radius 1 is 1.09 bits per heavy atom. The number of hydrogen-bond acceptors (Lipinski definition) is 6. The summed E-state index contributed by atoms with van der Waals surface area (Å²) in [5, 5.41) is 15.6. The summed E-state index contributed by atoms with van der Waals surface area (Å²) in [5.41, 5.74) is 2.13. The molecule has 2 aromatic carbocycles. The molecule has 1 aliphatic rings. The van der Waals surface area contributed by atoms with Crippen LogP contribution in [0.2, 0.25) is 0 Å². The van der Waals surface area contributed by atoms with E-state index in [0.29, 0.717) is 38.6 Å². The van der Waals surface area contributed by atoms with Crippen molar-refractivity contribution in [2.24, 2.45) is 0 Å². The van der Waals surface area contributed by atoms with E-state index in [0.717, 1.165) is 35.7 Å². The summed E-state index contributed by atoms with van der Waals surface area (Å²) in [5.74, 6) is 1.02. The standard InChI is InChI=1S/C27H34FN3O4/c1-21-15-22(2)31(29-21)11-4-13-34-26-6-3-5-23(16-26)17-30-12-14-33-19-27(32,18-30)20-35-25-9-7-24(28)8-10-25/h3,5-10,15-16,32H,4,11-14,17-20H2,1-2H3. The quantitative estimate of drug-likeness (QED) is 0.443. The van der Waals surface area contributed by atoms with Gasteiger partial charge in [-0.2, -0.15) is 5.10 Å². The van der Waals surface area contributed by atoms with Gasteiger partial charge in [-0.25, -0.2) is 4.39 Å². The van der Waals surface area contributed by atoms with Crippen LogP contribution in [0.15, 0.2) is 54.6 Å². The van der Waals surface area contributed by atoms with Gasteiger partial charge in [-0.15, -0.1) is 0 Å². The zero-order chi connectivity index (χ0) is 24.7. The molecule has 3 aromatic rings. The number of β-amino-alcohol motifs (C(OH)–C–C–N with tert-alkyl or cyclic N) is 1. The molecular weight excluding hydrogens is 449 g/mol. The molecule has 8 heteroatoms. The van der Waals surface area contributed by atoms with Crippen LogP contribution >= 0.6 is 0 Å². The van der Waals surface area contributed by atoms with Crippen molar-refractivity contribution in [1.29, 1.82) is 0 Å². The molecule has 1 aromatic heterocycles. The molecule has 2 heterocycles. The summed E-state index contributed by atoms with van der Waals surface area (Å²) in [6.07, 6.45) is 0.872. The minimum Gasteiger partial charge on any atom is -0.494 e. The van der Waals surface area contributed by atoms with Gasteiger partial charge in [0.25, 0.3) is 0 Å². The van der Waals surface area contributed by atoms with Crippen molar-refractivity contribution in [2.75, 3.05) is 39.5 Å². The molecule has 7 nitrogen and oxygen atoms in total. The highest BCUT2D eigenvalue weighted by Crippen LogP contribution is 2.20. The van der Waals surface area contributed by atoms with Gasteiger partial charge in [0, 0.05) is 38.3 Å². The predicted octanol–water partition coefficient (Wildman–Crippen LogP) is 3.75. The average Bonchev–Trinajstić information content (AvgIpc) is 3.03. The van der Waals surface area contributed by atoms with Crippen LogP contribution in [0, 0.1) is 19.7 Å². The number of halogens is 1. The summed E-state index contributed by atoms with van der Waals surface area (Å²) in [4.78, 5) is 2.16. The third-order valence-electron chi connectivity index (χ3n) is 5.95. The van der Waals surface area contributed by atoms with Crippen molar-refractivity contribution in [1.82, 2.24) is 14.7 Å². The predicted molar refractivity (Wildman–Crippen MR) is 131 cm³/mol. The van der Waals surface area contributed by atoms with Gasteiger partial charge in [0.1, 0.15) is 29.5 Å². The van der Waals surface area contributed by atoms with Crippen molar-refractivity contribution < 1.29 is 23.7 Å². The number of aryl methyl sites for hydroxylation is 3. The zero-order valence-corrected chi connectivity index (χ0v) is 20.5. The fourth-order valence-corrected chi connectivity index (χ4v) is 4.26. The molecule has 0 spiro atoms. The lowest BCUT2D eigenvalue weighted by molar-refractivity contribution is -0.0646. The van der Waals surface area contributed by atoms with Crippen LogP contribution in [-0.2, 0) is 17.8 Å².